The smallest absolute Gasteiger partial charge is 0.416 e. The van der Waals surface area contributed by atoms with Gasteiger partial charge in [-0.2, -0.15) is 31.3 Å². The Morgan fingerprint density at radius 2 is 1.17 bits per heavy atom. The van der Waals surface area contributed by atoms with Crippen molar-refractivity contribution >= 4 is 35.5 Å². The number of alkyl halides is 6. The Balaban J connectivity index is 2.61. The molecule has 0 radical (unpaired) electrons. The summed E-state index contributed by atoms with van der Waals surface area (Å²) in [6, 6.07) is 0.745. The highest BCUT2D eigenvalue weighted by Crippen LogP contribution is 2.38. The number of carboxylic acid groups (broad SMARTS) is 2. The Kier molecular flexibility index (Phi) is 7.18. The SMILES string of the molecule is O=C(O)CSc1nc(SCC(=O)O)nc(-c2cc(C(F)(F)F)cc(C(F)(F)F)c2)n1. The highest BCUT2D eigenvalue weighted by molar-refractivity contribution is 8.00. The summed E-state index contributed by atoms with van der Waals surface area (Å²) < 4.78 is 78.4. The fraction of sp³-hybridized carbons (Fsp3) is 0.267. The number of carbonyl (C=O) groups is 2. The fourth-order valence-electron chi connectivity index (χ4n) is 1.93. The molecule has 0 aliphatic rings. The number of aromatic nitrogens is 3. The number of carboxylic acids is 2. The minimum atomic E-state index is -5.09. The van der Waals surface area contributed by atoms with Crippen molar-refractivity contribution < 1.29 is 46.1 Å². The molecule has 0 spiro atoms. The van der Waals surface area contributed by atoms with E-state index in [-0.39, 0.29) is 16.4 Å². The molecule has 0 saturated heterocycles. The summed E-state index contributed by atoms with van der Waals surface area (Å²) in [5, 5.41) is 16.9. The summed E-state index contributed by atoms with van der Waals surface area (Å²) in [4.78, 5) is 32.7. The molecule has 30 heavy (non-hydrogen) atoms. The molecule has 0 amide bonds. The van der Waals surface area contributed by atoms with E-state index in [0.717, 1.165) is 0 Å². The maximum Gasteiger partial charge on any atom is 0.416 e. The van der Waals surface area contributed by atoms with Crippen LogP contribution in [0.4, 0.5) is 26.3 Å². The zero-order valence-corrected chi connectivity index (χ0v) is 15.9. The highest BCUT2D eigenvalue weighted by Gasteiger charge is 2.37. The van der Waals surface area contributed by atoms with Gasteiger partial charge in [-0.3, -0.25) is 9.59 Å². The first kappa shape index (κ1) is 23.7. The van der Waals surface area contributed by atoms with Gasteiger partial charge in [-0.25, -0.2) is 9.97 Å². The third-order valence-electron chi connectivity index (χ3n) is 3.09. The van der Waals surface area contributed by atoms with Crippen LogP contribution in [0.2, 0.25) is 0 Å². The van der Waals surface area contributed by atoms with Crippen LogP contribution in [0, 0.1) is 0 Å². The topological polar surface area (TPSA) is 113 Å². The fourth-order valence-corrected chi connectivity index (χ4v) is 3.10. The Bertz CT molecular complexity index is 900. The van der Waals surface area contributed by atoms with Crippen LogP contribution in [0.25, 0.3) is 11.4 Å². The van der Waals surface area contributed by atoms with Crippen molar-refractivity contribution in [1.82, 2.24) is 15.0 Å². The van der Waals surface area contributed by atoms with Crippen molar-refractivity contribution in [3.8, 4) is 11.4 Å². The third kappa shape index (κ3) is 6.76. The van der Waals surface area contributed by atoms with Crippen LogP contribution >= 0.6 is 23.5 Å². The zero-order chi connectivity index (χ0) is 22.7. The lowest BCUT2D eigenvalue weighted by atomic mass is 10.0. The summed E-state index contributed by atoms with van der Waals surface area (Å²) in [7, 11) is 0. The maximum atomic E-state index is 13.1. The molecule has 2 rings (SSSR count). The molecule has 0 aliphatic carbocycles. The van der Waals surface area contributed by atoms with Crippen LogP contribution in [0.3, 0.4) is 0 Å². The van der Waals surface area contributed by atoms with Gasteiger partial charge in [-0.05, 0) is 18.2 Å². The number of aliphatic carboxylic acids is 2. The molecule has 7 nitrogen and oxygen atoms in total. The van der Waals surface area contributed by atoms with Gasteiger partial charge in [0.25, 0.3) is 0 Å². The lowest BCUT2D eigenvalue weighted by Crippen LogP contribution is -2.12. The van der Waals surface area contributed by atoms with Gasteiger partial charge in [0.05, 0.1) is 22.6 Å². The normalized spacial score (nSPS) is 12.1. The Morgan fingerprint density at radius 3 is 1.50 bits per heavy atom. The summed E-state index contributed by atoms with van der Waals surface area (Å²) >= 11 is 1.08. The Labute approximate surface area is 171 Å². The highest BCUT2D eigenvalue weighted by atomic mass is 32.2. The van der Waals surface area contributed by atoms with Crippen molar-refractivity contribution in [2.75, 3.05) is 11.5 Å². The van der Waals surface area contributed by atoms with Gasteiger partial charge >= 0.3 is 24.3 Å². The van der Waals surface area contributed by atoms with Gasteiger partial charge in [0.1, 0.15) is 0 Å². The first-order chi connectivity index (χ1) is 13.8. The standard InChI is InChI=1S/C15H9F6N3O4S2/c16-14(17,18)7-1-6(2-8(3-7)15(19,20)21)11-22-12(29-4-9(25)26)24-13(23-11)30-5-10(27)28/h1-3H,4-5H2,(H,25,26)(H,27,28). The van der Waals surface area contributed by atoms with E-state index in [1.165, 1.54) is 0 Å². The molecule has 0 bridgehead atoms. The first-order valence-electron chi connectivity index (χ1n) is 7.51. The molecule has 0 unspecified atom stereocenters. The maximum absolute atomic E-state index is 13.1. The van der Waals surface area contributed by atoms with Crippen molar-refractivity contribution in [2.45, 2.75) is 22.7 Å². The van der Waals surface area contributed by atoms with E-state index in [0.29, 0.717) is 35.7 Å². The second-order valence-corrected chi connectivity index (χ2v) is 7.27. The molecule has 162 valence electrons. The van der Waals surface area contributed by atoms with Gasteiger partial charge in [-0.1, -0.05) is 23.5 Å². The van der Waals surface area contributed by atoms with Crippen molar-refractivity contribution in [1.29, 1.82) is 0 Å². The minimum Gasteiger partial charge on any atom is -0.481 e. The van der Waals surface area contributed by atoms with Crippen LogP contribution in [0.15, 0.2) is 28.5 Å². The number of hydrogen-bond acceptors (Lipinski definition) is 7. The quantitative estimate of drug-likeness (QED) is 0.456. The van der Waals surface area contributed by atoms with E-state index >= 15 is 0 Å². The Hall–Kier alpha value is -2.55. The number of nitrogens with zero attached hydrogens (tertiary/aromatic N) is 3. The average molecular weight is 473 g/mol. The minimum absolute atomic E-state index is 0.0646. The molecule has 2 N–H and O–H groups in total. The monoisotopic (exact) mass is 473 g/mol. The number of thioether (sulfide) groups is 2. The predicted molar refractivity (Wildman–Crippen MR) is 92.0 cm³/mol. The lowest BCUT2D eigenvalue weighted by molar-refractivity contribution is -0.143. The predicted octanol–water partition coefficient (Wildman–Crippen LogP) is 3.93. The van der Waals surface area contributed by atoms with Crippen LogP contribution in [0.5, 0.6) is 0 Å². The summed E-state index contributed by atoms with van der Waals surface area (Å²) in [5.74, 6) is -4.26. The van der Waals surface area contributed by atoms with E-state index in [4.69, 9.17) is 10.2 Å². The van der Waals surface area contributed by atoms with Crippen LogP contribution in [0.1, 0.15) is 11.1 Å². The zero-order valence-electron chi connectivity index (χ0n) is 14.3. The average Bonchev–Trinajstić information content (AvgIpc) is 2.62. The van der Waals surface area contributed by atoms with Crippen molar-refractivity contribution in [3.05, 3.63) is 29.3 Å². The van der Waals surface area contributed by atoms with Gasteiger partial charge in [0, 0.05) is 5.56 Å². The lowest BCUT2D eigenvalue weighted by Gasteiger charge is -2.14. The van der Waals surface area contributed by atoms with Gasteiger partial charge in [-0.15, -0.1) is 0 Å². The molecule has 0 fully saturated rings. The first-order valence-corrected chi connectivity index (χ1v) is 9.48. The molecule has 1 aromatic heterocycles. The summed E-state index contributed by atoms with van der Waals surface area (Å²) in [6.45, 7) is 0. The summed E-state index contributed by atoms with van der Waals surface area (Å²) in [5.41, 5.74) is -3.83. The van der Waals surface area contributed by atoms with Crippen molar-refractivity contribution in [2.24, 2.45) is 0 Å². The van der Waals surface area contributed by atoms with E-state index < -0.39 is 58.3 Å². The summed E-state index contributed by atoms with van der Waals surface area (Å²) in [6.07, 6.45) is -10.2. The molecule has 2 aromatic rings. The van der Waals surface area contributed by atoms with Crippen molar-refractivity contribution in [3.63, 3.8) is 0 Å². The number of rotatable bonds is 7. The van der Waals surface area contributed by atoms with E-state index in [1.54, 1.807) is 0 Å². The molecular formula is C15H9F6N3O4S2. The number of benzene rings is 1. The Morgan fingerprint density at radius 1 is 0.767 bits per heavy atom. The van der Waals surface area contributed by atoms with Gasteiger partial charge in [0.15, 0.2) is 16.1 Å². The van der Waals surface area contributed by atoms with Crippen LogP contribution < -0.4 is 0 Å². The van der Waals surface area contributed by atoms with Gasteiger partial charge in [0.2, 0.25) is 0 Å². The third-order valence-corrected chi connectivity index (χ3v) is 4.75. The molecular weight excluding hydrogens is 464 g/mol. The number of hydrogen-bond donors (Lipinski definition) is 2. The molecule has 0 saturated carbocycles. The molecule has 0 aliphatic heterocycles. The molecule has 1 heterocycles. The molecule has 15 heteroatoms. The molecule has 0 atom stereocenters. The molecule has 1 aromatic carbocycles. The van der Waals surface area contributed by atoms with Gasteiger partial charge < -0.3 is 10.2 Å². The van der Waals surface area contributed by atoms with E-state index in [9.17, 15) is 35.9 Å². The second-order valence-electron chi connectivity index (χ2n) is 5.38. The van der Waals surface area contributed by atoms with E-state index in [2.05, 4.69) is 15.0 Å². The van der Waals surface area contributed by atoms with Crippen LogP contribution in [-0.2, 0) is 21.9 Å². The van der Waals surface area contributed by atoms with Crippen LogP contribution in [-0.4, -0.2) is 48.6 Å². The number of halogens is 6. The van der Waals surface area contributed by atoms with E-state index in [1.807, 2.05) is 0 Å². The second kappa shape index (κ2) is 9.07. The largest absolute Gasteiger partial charge is 0.481 e.